The normalized spacial score (nSPS) is 13.6. The van der Waals surface area contributed by atoms with Gasteiger partial charge in [0.05, 0.1) is 0 Å². The van der Waals surface area contributed by atoms with Crippen molar-refractivity contribution in [3.63, 3.8) is 0 Å². The minimum atomic E-state index is 0.561. The Morgan fingerprint density at radius 1 is 1.25 bits per heavy atom. The number of oxazole rings is 1. The standard InChI is InChI=1S/C14H19NO/c1-5-14-15-12-8-11(10(4)9(2)3)6-7-13(12)16-14/h6-10H,5H2,1-4H3. The molecular formula is C14H19NO. The Balaban J connectivity index is 2.43. The number of hydrogen-bond acceptors (Lipinski definition) is 2. The highest BCUT2D eigenvalue weighted by atomic mass is 16.3. The zero-order chi connectivity index (χ0) is 11.7. The third-order valence-corrected chi connectivity index (χ3v) is 3.28. The van der Waals surface area contributed by atoms with E-state index in [1.54, 1.807) is 0 Å². The van der Waals surface area contributed by atoms with Crippen LogP contribution in [0.4, 0.5) is 0 Å². The monoisotopic (exact) mass is 217 g/mol. The molecule has 1 atom stereocenters. The van der Waals surface area contributed by atoms with Gasteiger partial charge in [-0.1, -0.05) is 33.8 Å². The molecule has 2 aromatic rings. The Bertz CT molecular complexity index is 484. The second-order valence-corrected chi connectivity index (χ2v) is 4.72. The van der Waals surface area contributed by atoms with Crippen LogP contribution in [0.5, 0.6) is 0 Å². The molecule has 0 amide bonds. The summed E-state index contributed by atoms with van der Waals surface area (Å²) in [5.74, 6) is 2.03. The van der Waals surface area contributed by atoms with Crippen LogP contribution in [0.15, 0.2) is 22.6 Å². The molecule has 1 aromatic heterocycles. The predicted molar refractivity (Wildman–Crippen MR) is 66.6 cm³/mol. The van der Waals surface area contributed by atoms with Gasteiger partial charge >= 0.3 is 0 Å². The topological polar surface area (TPSA) is 26.0 Å². The molecule has 2 rings (SSSR count). The summed E-state index contributed by atoms with van der Waals surface area (Å²) in [6.07, 6.45) is 0.851. The fraction of sp³-hybridized carbons (Fsp3) is 0.500. The zero-order valence-corrected chi connectivity index (χ0v) is 10.4. The minimum Gasteiger partial charge on any atom is -0.441 e. The lowest BCUT2D eigenvalue weighted by atomic mass is 9.90. The molecule has 1 aromatic carbocycles. The van der Waals surface area contributed by atoms with E-state index in [1.807, 2.05) is 6.07 Å². The SMILES string of the molecule is CCc1nc2cc(C(C)C(C)C)ccc2o1. The summed E-state index contributed by atoms with van der Waals surface area (Å²) in [6, 6.07) is 6.34. The lowest BCUT2D eigenvalue weighted by molar-refractivity contribution is 0.533. The fourth-order valence-corrected chi connectivity index (χ4v) is 1.81. The highest BCUT2D eigenvalue weighted by Crippen LogP contribution is 2.27. The van der Waals surface area contributed by atoms with E-state index >= 15 is 0 Å². The number of nitrogens with zero attached hydrogens (tertiary/aromatic N) is 1. The van der Waals surface area contributed by atoms with Gasteiger partial charge in [0.25, 0.3) is 0 Å². The van der Waals surface area contributed by atoms with Gasteiger partial charge in [0.15, 0.2) is 11.5 Å². The molecule has 0 N–H and O–H groups in total. The molecule has 1 heterocycles. The highest BCUT2D eigenvalue weighted by molar-refractivity contribution is 5.73. The largest absolute Gasteiger partial charge is 0.441 e. The maximum atomic E-state index is 5.60. The van der Waals surface area contributed by atoms with Crippen molar-refractivity contribution in [2.24, 2.45) is 5.92 Å². The van der Waals surface area contributed by atoms with Crippen LogP contribution < -0.4 is 0 Å². The highest BCUT2D eigenvalue weighted by Gasteiger charge is 2.12. The molecule has 0 aliphatic carbocycles. The van der Waals surface area contributed by atoms with Gasteiger partial charge < -0.3 is 4.42 Å². The van der Waals surface area contributed by atoms with Crippen LogP contribution in [-0.4, -0.2) is 4.98 Å². The summed E-state index contributed by atoms with van der Waals surface area (Å²) in [5, 5.41) is 0. The first-order valence-electron chi connectivity index (χ1n) is 6.01. The van der Waals surface area contributed by atoms with Gasteiger partial charge in [0.2, 0.25) is 0 Å². The average molecular weight is 217 g/mol. The molecule has 2 nitrogen and oxygen atoms in total. The first-order valence-corrected chi connectivity index (χ1v) is 6.01. The van der Waals surface area contributed by atoms with Gasteiger partial charge in [0, 0.05) is 6.42 Å². The number of benzene rings is 1. The zero-order valence-electron chi connectivity index (χ0n) is 10.4. The van der Waals surface area contributed by atoms with Crippen molar-refractivity contribution < 1.29 is 4.42 Å². The minimum absolute atomic E-state index is 0.561. The number of aryl methyl sites for hydroxylation is 1. The van der Waals surface area contributed by atoms with Crippen molar-refractivity contribution >= 4 is 11.1 Å². The average Bonchev–Trinajstić information content (AvgIpc) is 2.69. The Morgan fingerprint density at radius 3 is 2.62 bits per heavy atom. The van der Waals surface area contributed by atoms with Gasteiger partial charge in [-0.3, -0.25) is 0 Å². The van der Waals surface area contributed by atoms with E-state index in [9.17, 15) is 0 Å². The smallest absolute Gasteiger partial charge is 0.195 e. The predicted octanol–water partition coefficient (Wildman–Crippen LogP) is 4.15. The van der Waals surface area contributed by atoms with E-state index in [0.29, 0.717) is 11.8 Å². The van der Waals surface area contributed by atoms with Crippen molar-refractivity contribution in [3.05, 3.63) is 29.7 Å². The molecule has 0 aliphatic rings. The Kier molecular flexibility index (Phi) is 2.99. The first kappa shape index (κ1) is 11.2. The third-order valence-electron chi connectivity index (χ3n) is 3.28. The molecule has 0 radical (unpaired) electrons. The van der Waals surface area contributed by atoms with Crippen LogP contribution in [0.3, 0.4) is 0 Å². The number of rotatable bonds is 3. The number of aromatic nitrogens is 1. The van der Waals surface area contributed by atoms with E-state index in [1.165, 1.54) is 5.56 Å². The summed E-state index contributed by atoms with van der Waals surface area (Å²) in [5.41, 5.74) is 3.23. The molecular weight excluding hydrogens is 198 g/mol. The first-order chi connectivity index (χ1) is 7.61. The second-order valence-electron chi connectivity index (χ2n) is 4.72. The molecule has 86 valence electrons. The maximum Gasteiger partial charge on any atom is 0.195 e. The Morgan fingerprint density at radius 2 is 2.00 bits per heavy atom. The van der Waals surface area contributed by atoms with Crippen LogP contribution in [0.1, 0.15) is 45.1 Å². The molecule has 16 heavy (non-hydrogen) atoms. The molecule has 0 fully saturated rings. The van der Waals surface area contributed by atoms with Crippen molar-refractivity contribution in [2.75, 3.05) is 0 Å². The summed E-state index contributed by atoms with van der Waals surface area (Å²) in [4.78, 5) is 4.47. The van der Waals surface area contributed by atoms with Crippen molar-refractivity contribution in [1.29, 1.82) is 0 Å². The Labute approximate surface area is 96.7 Å². The summed E-state index contributed by atoms with van der Waals surface area (Å²) in [6.45, 7) is 8.80. The van der Waals surface area contributed by atoms with Crippen LogP contribution >= 0.6 is 0 Å². The molecule has 0 bridgehead atoms. The van der Waals surface area contributed by atoms with Gasteiger partial charge in [-0.2, -0.15) is 0 Å². The molecule has 0 saturated heterocycles. The van der Waals surface area contributed by atoms with Crippen LogP contribution in [0.2, 0.25) is 0 Å². The van der Waals surface area contributed by atoms with Crippen molar-refractivity contribution in [3.8, 4) is 0 Å². The third kappa shape index (κ3) is 1.97. The van der Waals surface area contributed by atoms with E-state index < -0.39 is 0 Å². The number of fused-ring (bicyclic) bond motifs is 1. The molecule has 2 heteroatoms. The number of hydrogen-bond donors (Lipinski definition) is 0. The Hall–Kier alpha value is -1.31. The summed E-state index contributed by atoms with van der Waals surface area (Å²) >= 11 is 0. The van der Waals surface area contributed by atoms with Gasteiger partial charge in [-0.05, 0) is 29.5 Å². The van der Waals surface area contributed by atoms with Gasteiger partial charge in [-0.15, -0.1) is 0 Å². The van der Waals surface area contributed by atoms with E-state index in [2.05, 4.69) is 44.8 Å². The van der Waals surface area contributed by atoms with Crippen molar-refractivity contribution in [2.45, 2.75) is 40.0 Å². The van der Waals surface area contributed by atoms with E-state index in [-0.39, 0.29) is 0 Å². The van der Waals surface area contributed by atoms with E-state index in [4.69, 9.17) is 4.42 Å². The molecule has 0 saturated carbocycles. The molecule has 1 unspecified atom stereocenters. The molecule has 0 aliphatic heterocycles. The summed E-state index contributed by atoms with van der Waals surface area (Å²) < 4.78 is 5.60. The second kappa shape index (κ2) is 4.28. The lowest BCUT2D eigenvalue weighted by Crippen LogP contribution is -2.01. The molecule has 0 spiro atoms. The quantitative estimate of drug-likeness (QED) is 0.772. The maximum absolute atomic E-state index is 5.60. The van der Waals surface area contributed by atoms with Gasteiger partial charge in [0.1, 0.15) is 5.52 Å². The van der Waals surface area contributed by atoms with Crippen LogP contribution in [-0.2, 0) is 6.42 Å². The lowest BCUT2D eigenvalue weighted by Gasteiger charge is -2.15. The van der Waals surface area contributed by atoms with Crippen molar-refractivity contribution in [1.82, 2.24) is 4.98 Å². The van der Waals surface area contributed by atoms with Crippen LogP contribution in [0.25, 0.3) is 11.1 Å². The van der Waals surface area contributed by atoms with Crippen LogP contribution in [0, 0.1) is 5.92 Å². The summed E-state index contributed by atoms with van der Waals surface area (Å²) in [7, 11) is 0. The van der Waals surface area contributed by atoms with Gasteiger partial charge in [-0.25, -0.2) is 4.98 Å². The van der Waals surface area contributed by atoms with E-state index in [0.717, 1.165) is 23.4 Å². The fourth-order valence-electron chi connectivity index (χ4n) is 1.81.